The maximum Gasteiger partial charge on any atom is 0.192 e. The molecule has 0 radical (unpaired) electrons. The number of sulfone groups is 1. The highest BCUT2D eigenvalue weighted by atomic mass is 32.2. The van der Waals surface area contributed by atoms with E-state index in [1.165, 1.54) is 36.0 Å². The molecule has 0 spiro atoms. The molecule has 0 saturated heterocycles. The van der Waals surface area contributed by atoms with Crippen molar-refractivity contribution < 1.29 is 22.7 Å². The monoisotopic (exact) mass is 445 g/mol. The van der Waals surface area contributed by atoms with Gasteiger partial charge in [-0.15, -0.1) is 10.2 Å². The number of carbonyl (C=O) groups excluding carboxylic acids is 1. The number of para-hydroxylation sites is 2. The number of hydrogen-bond donors (Lipinski definition) is 0. The third-order valence-electron chi connectivity index (χ3n) is 4.60. The summed E-state index contributed by atoms with van der Waals surface area (Å²) in [6, 6.07) is 13.3. The predicted molar refractivity (Wildman–Crippen MR) is 111 cm³/mol. The highest BCUT2D eigenvalue weighted by molar-refractivity contribution is 7.99. The minimum atomic E-state index is -3.29. The van der Waals surface area contributed by atoms with E-state index in [9.17, 15) is 13.2 Å². The first kappa shape index (κ1) is 20.4. The molecule has 2 aromatic carbocycles. The highest BCUT2D eigenvalue weighted by Gasteiger charge is 2.27. The topological polar surface area (TPSA) is 100 Å². The van der Waals surface area contributed by atoms with Crippen LogP contribution >= 0.6 is 11.8 Å². The van der Waals surface area contributed by atoms with Gasteiger partial charge >= 0.3 is 0 Å². The van der Waals surface area contributed by atoms with Crippen LogP contribution in [0, 0.1) is 0 Å². The maximum absolute atomic E-state index is 12.5. The maximum atomic E-state index is 12.5. The fourth-order valence-electron chi connectivity index (χ4n) is 2.98. The smallest absolute Gasteiger partial charge is 0.192 e. The van der Waals surface area contributed by atoms with Gasteiger partial charge in [-0.1, -0.05) is 36.0 Å². The van der Waals surface area contributed by atoms with Crippen LogP contribution in [0.25, 0.3) is 0 Å². The lowest BCUT2D eigenvalue weighted by Gasteiger charge is -2.25. The molecule has 2 heterocycles. The zero-order valence-corrected chi connectivity index (χ0v) is 17.9. The largest absolute Gasteiger partial charge is 0.485 e. The molecule has 4 rings (SSSR count). The number of ketones is 1. The van der Waals surface area contributed by atoms with Crippen LogP contribution in [0.1, 0.15) is 22.3 Å². The van der Waals surface area contributed by atoms with Gasteiger partial charge in [-0.25, -0.2) is 8.42 Å². The average molecular weight is 446 g/mol. The summed E-state index contributed by atoms with van der Waals surface area (Å²) in [5.74, 6) is 1.97. The summed E-state index contributed by atoms with van der Waals surface area (Å²) in [6.07, 6.45) is 0.733. The molecule has 0 aliphatic carbocycles. The number of ether oxygens (including phenoxy) is 2. The van der Waals surface area contributed by atoms with Gasteiger partial charge in [0.15, 0.2) is 44.2 Å². The van der Waals surface area contributed by atoms with E-state index in [-0.39, 0.29) is 16.4 Å². The summed E-state index contributed by atoms with van der Waals surface area (Å²) >= 11 is 1.26. The van der Waals surface area contributed by atoms with E-state index < -0.39 is 15.9 Å². The Bertz CT molecular complexity index is 1190. The molecular formula is C20H19N3O5S2. The van der Waals surface area contributed by atoms with Gasteiger partial charge in [0.25, 0.3) is 0 Å². The Kier molecular flexibility index (Phi) is 5.52. The standard InChI is InChI=1S/C20H19N3O5S2/c1-23-19(18-11-27-16-5-3-4-6-17(16)28-18)21-22-20(23)29-12-15(24)13-7-9-14(10-8-13)30(2,25)26/h3-10,18H,11-12H2,1-2H3. The Morgan fingerprint density at radius 1 is 1.13 bits per heavy atom. The molecule has 10 heteroatoms. The molecule has 0 bridgehead atoms. The molecule has 1 atom stereocenters. The summed E-state index contributed by atoms with van der Waals surface area (Å²) in [5.41, 5.74) is 0.443. The second-order valence-corrected chi connectivity index (χ2v) is 9.73. The lowest BCUT2D eigenvalue weighted by atomic mass is 10.1. The fraction of sp³-hybridized carbons (Fsp3) is 0.250. The number of hydrogen-bond acceptors (Lipinski definition) is 8. The predicted octanol–water partition coefficient (Wildman–Crippen LogP) is 2.71. The van der Waals surface area contributed by atoms with E-state index in [0.29, 0.717) is 34.7 Å². The van der Waals surface area contributed by atoms with Gasteiger partial charge in [0, 0.05) is 18.9 Å². The Labute approximate surface area is 178 Å². The van der Waals surface area contributed by atoms with E-state index in [2.05, 4.69) is 10.2 Å². The Balaban J connectivity index is 1.42. The van der Waals surface area contributed by atoms with E-state index in [1.54, 1.807) is 4.57 Å². The van der Waals surface area contributed by atoms with Crippen molar-refractivity contribution in [2.75, 3.05) is 18.6 Å². The Hall–Kier alpha value is -2.85. The van der Waals surface area contributed by atoms with Crippen molar-refractivity contribution in [3.05, 3.63) is 59.9 Å². The number of aromatic nitrogens is 3. The first-order valence-electron chi connectivity index (χ1n) is 9.07. The third kappa shape index (κ3) is 4.19. The van der Waals surface area contributed by atoms with Crippen LogP contribution in [0.2, 0.25) is 0 Å². The van der Waals surface area contributed by atoms with Crippen molar-refractivity contribution in [3.63, 3.8) is 0 Å². The summed E-state index contributed by atoms with van der Waals surface area (Å²) in [5, 5.41) is 8.96. The second kappa shape index (κ2) is 8.11. The molecule has 156 valence electrons. The molecule has 3 aromatic rings. The molecule has 0 amide bonds. The fourth-order valence-corrected chi connectivity index (χ4v) is 4.42. The van der Waals surface area contributed by atoms with Gasteiger partial charge in [0.2, 0.25) is 0 Å². The summed E-state index contributed by atoms with van der Waals surface area (Å²) < 4.78 is 36.6. The van der Waals surface area contributed by atoms with Crippen molar-refractivity contribution in [2.24, 2.45) is 7.05 Å². The molecule has 1 aliphatic heterocycles. The van der Waals surface area contributed by atoms with Gasteiger partial charge in [-0.2, -0.15) is 0 Å². The lowest BCUT2D eigenvalue weighted by Crippen LogP contribution is -2.24. The number of carbonyl (C=O) groups is 1. The number of thioether (sulfide) groups is 1. The van der Waals surface area contributed by atoms with Gasteiger partial charge < -0.3 is 14.0 Å². The second-order valence-electron chi connectivity index (χ2n) is 6.77. The normalized spacial score (nSPS) is 15.7. The molecule has 0 fully saturated rings. The first-order chi connectivity index (χ1) is 14.3. The molecule has 30 heavy (non-hydrogen) atoms. The minimum absolute atomic E-state index is 0.129. The summed E-state index contributed by atoms with van der Waals surface area (Å²) in [6.45, 7) is 0.319. The van der Waals surface area contributed by atoms with Crippen LogP contribution in [0.3, 0.4) is 0 Å². The average Bonchev–Trinajstić information content (AvgIpc) is 3.11. The quantitative estimate of drug-likeness (QED) is 0.422. The molecule has 8 nitrogen and oxygen atoms in total. The van der Waals surface area contributed by atoms with Crippen LogP contribution in [0.5, 0.6) is 11.5 Å². The zero-order valence-electron chi connectivity index (χ0n) is 16.3. The van der Waals surface area contributed by atoms with Crippen molar-refractivity contribution >= 4 is 27.4 Å². The molecule has 1 aromatic heterocycles. The van der Waals surface area contributed by atoms with Crippen molar-refractivity contribution in [2.45, 2.75) is 16.2 Å². The molecular weight excluding hydrogens is 426 g/mol. The zero-order chi connectivity index (χ0) is 21.3. The number of rotatable bonds is 6. The van der Waals surface area contributed by atoms with Crippen LogP contribution < -0.4 is 9.47 Å². The molecule has 1 aliphatic rings. The highest BCUT2D eigenvalue weighted by Crippen LogP contribution is 2.35. The van der Waals surface area contributed by atoms with E-state index in [0.717, 1.165) is 6.26 Å². The van der Waals surface area contributed by atoms with E-state index in [4.69, 9.17) is 9.47 Å². The number of fused-ring (bicyclic) bond motifs is 1. The summed E-state index contributed by atoms with van der Waals surface area (Å²) in [7, 11) is -1.48. The lowest BCUT2D eigenvalue weighted by molar-refractivity contribution is 0.0825. The van der Waals surface area contributed by atoms with Crippen molar-refractivity contribution in [1.82, 2.24) is 14.8 Å². The van der Waals surface area contributed by atoms with Crippen molar-refractivity contribution in [1.29, 1.82) is 0 Å². The minimum Gasteiger partial charge on any atom is -0.485 e. The van der Waals surface area contributed by atoms with Gasteiger partial charge in [-0.3, -0.25) is 4.79 Å². The van der Waals surface area contributed by atoms with E-state index >= 15 is 0 Å². The Morgan fingerprint density at radius 2 is 1.83 bits per heavy atom. The SMILES string of the molecule is Cn1c(SCC(=O)c2ccc(S(C)(=O)=O)cc2)nnc1C1COc2ccccc2O1. The van der Waals surface area contributed by atoms with Crippen molar-refractivity contribution in [3.8, 4) is 11.5 Å². The molecule has 0 N–H and O–H groups in total. The van der Waals surface area contributed by atoms with Crippen LogP contribution in [0.4, 0.5) is 0 Å². The van der Waals surface area contributed by atoms with E-state index in [1.807, 2.05) is 31.3 Å². The van der Waals surface area contributed by atoms with Gasteiger partial charge in [0.1, 0.15) is 6.61 Å². The van der Waals surface area contributed by atoms with Crippen LogP contribution in [0.15, 0.2) is 58.6 Å². The Morgan fingerprint density at radius 3 is 2.53 bits per heavy atom. The third-order valence-corrected chi connectivity index (χ3v) is 6.75. The number of nitrogens with zero attached hydrogens (tertiary/aromatic N) is 3. The van der Waals surface area contributed by atoms with Crippen LogP contribution in [-0.2, 0) is 16.9 Å². The molecule has 0 saturated carbocycles. The first-order valence-corrected chi connectivity index (χ1v) is 11.9. The van der Waals surface area contributed by atoms with Gasteiger partial charge in [-0.05, 0) is 24.3 Å². The van der Waals surface area contributed by atoms with Crippen LogP contribution in [-0.4, -0.2) is 47.6 Å². The number of Topliss-reactive ketones (excluding diaryl/α,β-unsaturated/α-hetero) is 1. The summed E-state index contributed by atoms with van der Waals surface area (Å²) in [4.78, 5) is 12.6. The molecule has 1 unspecified atom stereocenters. The van der Waals surface area contributed by atoms with Gasteiger partial charge in [0.05, 0.1) is 10.6 Å². The number of benzene rings is 2.